The zero-order valence-corrected chi connectivity index (χ0v) is 15.8. The van der Waals surface area contributed by atoms with Crippen LogP contribution in [0.2, 0.25) is 5.02 Å². The van der Waals surface area contributed by atoms with Crippen LogP contribution in [-0.2, 0) is 13.0 Å². The Balaban J connectivity index is 1.55. The molecule has 0 saturated heterocycles. The molecule has 1 aliphatic carbocycles. The van der Waals surface area contributed by atoms with Gasteiger partial charge in [0, 0.05) is 34.0 Å². The van der Waals surface area contributed by atoms with Gasteiger partial charge in [0.1, 0.15) is 6.33 Å². The molecule has 0 fully saturated rings. The fourth-order valence-corrected chi connectivity index (χ4v) is 3.70. The smallest absolute Gasteiger partial charge is 0.251 e. The van der Waals surface area contributed by atoms with Crippen molar-refractivity contribution < 1.29 is 4.79 Å². The summed E-state index contributed by atoms with van der Waals surface area (Å²) in [5.41, 5.74) is 5.88. The van der Waals surface area contributed by atoms with Crippen LogP contribution < -0.4 is 5.32 Å². The average molecular weight is 378 g/mol. The van der Waals surface area contributed by atoms with E-state index in [4.69, 9.17) is 11.6 Å². The summed E-state index contributed by atoms with van der Waals surface area (Å²) < 4.78 is 0. The van der Waals surface area contributed by atoms with Crippen LogP contribution in [0.15, 0.2) is 54.9 Å². The molecule has 0 saturated carbocycles. The molecule has 1 heterocycles. The van der Waals surface area contributed by atoms with Crippen LogP contribution in [0, 0.1) is 0 Å². The van der Waals surface area contributed by atoms with Gasteiger partial charge in [-0.15, -0.1) is 0 Å². The van der Waals surface area contributed by atoms with Gasteiger partial charge in [0.05, 0.1) is 5.69 Å². The molecule has 1 N–H and O–H groups in total. The second-order valence-corrected chi connectivity index (χ2v) is 7.35. The molecule has 0 radical (unpaired) electrons. The van der Waals surface area contributed by atoms with Gasteiger partial charge in [-0.2, -0.15) is 0 Å². The van der Waals surface area contributed by atoms with Crippen LogP contribution in [0.4, 0.5) is 0 Å². The Morgan fingerprint density at radius 3 is 2.81 bits per heavy atom. The second kappa shape index (κ2) is 7.49. The number of fused-ring (bicyclic) bond motifs is 1. The number of amides is 1. The summed E-state index contributed by atoms with van der Waals surface area (Å²) in [6.07, 6.45) is 3.72. The molecule has 0 unspecified atom stereocenters. The van der Waals surface area contributed by atoms with Crippen LogP contribution in [0.1, 0.15) is 46.4 Å². The number of nitrogens with zero attached hydrogens (tertiary/aromatic N) is 2. The van der Waals surface area contributed by atoms with E-state index in [0.29, 0.717) is 23.0 Å². The average Bonchev–Trinajstić information content (AvgIpc) is 3.08. The number of aryl methyl sites for hydroxylation is 1. The quantitative estimate of drug-likeness (QED) is 0.712. The van der Waals surface area contributed by atoms with Crippen LogP contribution in [0.25, 0.3) is 11.3 Å². The lowest BCUT2D eigenvalue weighted by Crippen LogP contribution is -2.22. The summed E-state index contributed by atoms with van der Waals surface area (Å²) in [4.78, 5) is 21.5. The maximum absolute atomic E-state index is 12.6. The number of halogens is 1. The molecular weight excluding hydrogens is 358 g/mol. The normalized spacial score (nSPS) is 15.4. The third-order valence-electron chi connectivity index (χ3n) is 5.04. The van der Waals surface area contributed by atoms with Crippen LogP contribution in [0.3, 0.4) is 0 Å². The Hall–Kier alpha value is -2.72. The first-order valence-corrected chi connectivity index (χ1v) is 9.46. The molecule has 0 aliphatic heterocycles. The second-order valence-electron chi connectivity index (χ2n) is 6.91. The molecule has 2 aromatic carbocycles. The largest absolute Gasteiger partial charge is 0.348 e. The Morgan fingerprint density at radius 2 is 2.00 bits per heavy atom. The van der Waals surface area contributed by atoms with Crippen molar-refractivity contribution in [3.8, 4) is 11.3 Å². The molecule has 3 aromatic rings. The number of carbonyl (C=O) groups excluding carboxylic acids is 1. The molecule has 5 heteroatoms. The van der Waals surface area contributed by atoms with Crippen molar-refractivity contribution in [1.82, 2.24) is 15.3 Å². The molecule has 1 aromatic heterocycles. The predicted octanol–water partition coefficient (Wildman–Crippen LogP) is 4.78. The van der Waals surface area contributed by atoms with Crippen molar-refractivity contribution in [1.29, 1.82) is 0 Å². The standard InChI is InChI=1S/C22H20ClN3O/c1-14-5-10-19-20(14)21(26-13-25-19)16-3-2-4-17(11-16)22(27)24-12-15-6-8-18(23)9-7-15/h2-4,6-9,11,13-14H,5,10,12H2,1H3,(H,24,27)/t14-/m1/s1. The zero-order chi connectivity index (χ0) is 18.8. The van der Waals surface area contributed by atoms with Crippen LogP contribution in [0.5, 0.6) is 0 Å². The van der Waals surface area contributed by atoms with Gasteiger partial charge in [0.25, 0.3) is 5.91 Å². The third kappa shape index (κ3) is 3.71. The number of rotatable bonds is 4. The van der Waals surface area contributed by atoms with Gasteiger partial charge < -0.3 is 5.32 Å². The van der Waals surface area contributed by atoms with Gasteiger partial charge in [0.15, 0.2) is 0 Å². The van der Waals surface area contributed by atoms with Crippen LogP contribution in [-0.4, -0.2) is 15.9 Å². The van der Waals surface area contributed by atoms with E-state index in [0.717, 1.165) is 35.4 Å². The molecule has 4 rings (SSSR count). The summed E-state index contributed by atoms with van der Waals surface area (Å²) in [5, 5.41) is 3.64. The molecule has 0 bridgehead atoms. The van der Waals surface area contributed by atoms with Gasteiger partial charge in [-0.3, -0.25) is 4.79 Å². The first-order chi connectivity index (χ1) is 13.1. The van der Waals surface area contributed by atoms with Gasteiger partial charge in [0.2, 0.25) is 0 Å². The molecule has 27 heavy (non-hydrogen) atoms. The lowest BCUT2D eigenvalue weighted by atomic mass is 9.97. The van der Waals surface area contributed by atoms with E-state index >= 15 is 0 Å². The maximum atomic E-state index is 12.6. The van der Waals surface area contributed by atoms with Gasteiger partial charge >= 0.3 is 0 Å². The van der Waals surface area contributed by atoms with E-state index in [2.05, 4.69) is 22.2 Å². The van der Waals surface area contributed by atoms with Gasteiger partial charge in [-0.25, -0.2) is 9.97 Å². The fraction of sp³-hybridized carbons (Fsp3) is 0.227. The highest BCUT2D eigenvalue weighted by atomic mass is 35.5. The van der Waals surface area contributed by atoms with E-state index in [1.54, 1.807) is 6.33 Å². The van der Waals surface area contributed by atoms with E-state index in [1.807, 2.05) is 48.5 Å². The summed E-state index contributed by atoms with van der Waals surface area (Å²) in [6, 6.07) is 15.1. The van der Waals surface area contributed by atoms with Crippen molar-refractivity contribution in [3.05, 3.63) is 82.3 Å². The summed E-state index contributed by atoms with van der Waals surface area (Å²) in [5.74, 6) is 0.337. The Labute approximate surface area is 163 Å². The van der Waals surface area contributed by atoms with Gasteiger partial charge in [-0.1, -0.05) is 42.8 Å². The molecule has 1 aliphatic rings. The van der Waals surface area contributed by atoms with Crippen molar-refractivity contribution in [2.45, 2.75) is 32.2 Å². The number of benzene rings is 2. The van der Waals surface area contributed by atoms with Gasteiger partial charge in [-0.05, 0) is 48.6 Å². The van der Waals surface area contributed by atoms with Crippen molar-refractivity contribution in [2.75, 3.05) is 0 Å². The SMILES string of the molecule is C[C@@H]1CCc2ncnc(-c3cccc(C(=O)NCc4ccc(Cl)cc4)c3)c21. The summed E-state index contributed by atoms with van der Waals surface area (Å²) >= 11 is 5.90. The number of carbonyl (C=O) groups is 1. The minimum atomic E-state index is -0.106. The summed E-state index contributed by atoms with van der Waals surface area (Å²) in [7, 11) is 0. The third-order valence-corrected chi connectivity index (χ3v) is 5.29. The first-order valence-electron chi connectivity index (χ1n) is 9.08. The highest BCUT2D eigenvalue weighted by Crippen LogP contribution is 2.37. The number of aromatic nitrogens is 2. The maximum Gasteiger partial charge on any atom is 0.251 e. The van der Waals surface area contributed by atoms with Crippen LogP contribution >= 0.6 is 11.6 Å². The van der Waals surface area contributed by atoms with E-state index in [9.17, 15) is 4.79 Å². The minimum Gasteiger partial charge on any atom is -0.348 e. The fourth-order valence-electron chi connectivity index (χ4n) is 3.57. The molecule has 4 nitrogen and oxygen atoms in total. The molecule has 0 spiro atoms. The van der Waals surface area contributed by atoms with Crippen molar-refractivity contribution in [3.63, 3.8) is 0 Å². The molecular formula is C22H20ClN3O. The molecule has 1 atom stereocenters. The summed E-state index contributed by atoms with van der Waals surface area (Å²) in [6.45, 7) is 2.67. The highest BCUT2D eigenvalue weighted by Gasteiger charge is 2.24. The molecule has 1 amide bonds. The Bertz CT molecular complexity index is 985. The first kappa shape index (κ1) is 17.7. The van der Waals surface area contributed by atoms with E-state index in [1.165, 1.54) is 5.56 Å². The molecule has 136 valence electrons. The number of hydrogen-bond acceptors (Lipinski definition) is 3. The van der Waals surface area contributed by atoms with E-state index < -0.39 is 0 Å². The topological polar surface area (TPSA) is 54.9 Å². The Morgan fingerprint density at radius 1 is 1.19 bits per heavy atom. The van der Waals surface area contributed by atoms with E-state index in [-0.39, 0.29) is 5.91 Å². The lowest BCUT2D eigenvalue weighted by Gasteiger charge is -2.12. The zero-order valence-electron chi connectivity index (χ0n) is 15.1. The highest BCUT2D eigenvalue weighted by molar-refractivity contribution is 6.30. The number of nitrogens with one attached hydrogen (secondary N) is 1. The predicted molar refractivity (Wildman–Crippen MR) is 107 cm³/mol. The Kier molecular flexibility index (Phi) is 4.90. The monoisotopic (exact) mass is 377 g/mol. The van der Waals surface area contributed by atoms with Crippen molar-refractivity contribution in [2.24, 2.45) is 0 Å². The minimum absolute atomic E-state index is 0.106. The number of hydrogen-bond donors (Lipinski definition) is 1. The van der Waals surface area contributed by atoms with Crippen molar-refractivity contribution >= 4 is 17.5 Å². The lowest BCUT2D eigenvalue weighted by molar-refractivity contribution is 0.0951.